The molecule has 0 aliphatic rings. The van der Waals surface area contributed by atoms with Crippen LogP contribution in [0.5, 0.6) is 5.75 Å². The predicted molar refractivity (Wildman–Crippen MR) is 85.9 cm³/mol. The Kier molecular flexibility index (Phi) is 6.39. The lowest BCUT2D eigenvalue weighted by Crippen LogP contribution is -2.31. The van der Waals surface area contributed by atoms with Gasteiger partial charge in [0.2, 0.25) is 0 Å². The fraction of sp³-hybridized carbons (Fsp3) is 0.294. The molecule has 0 fully saturated rings. The molecule has 0 bridgehead atoms. The minimum atomic E-state index is -0.0928. The van der Waals surface area contributed by atoms with E-state index in [2.05, 4.69) is 15.6 Å². The maximum absolute atomic E-state index is 12.0. The van der Waals surface area contributed by atoms with Gasteiger partial charge in [-0.2, -0.15) is 0 Å². The van der Waals surface area contributed by atoms with E-state index in [9.17, 15) is 4.79 Å². The molecule has 0 aliphatic heterocycles. The first-order valence-corrected chi connectivity index (χ1v) is 7.40. The number of pyridine rings is 1. The number of benzene rings is 1. The van der Waals surface area contributed by atoms with Gasteiger partial charge in [-0.05, 0) is 30.8 Å². The topological polar surface area (TPSA) is 63.2 Å². The van der Waals surface area contributed by atoms with Gasteiger partial charge in [-0.15, -0.1) is 0 Å². The number of hydrogen-bond acceptors (Lipinski definition) is 4. The average molecular weight is 299 g/mol. The zero-order chi connectivity index (χ0) is 15.6. The van der Waals surface area contributed by atoms with Gasteiger partial charge >= 0.3 is 0 Å². The van der Waals surface area contributed by atoms with Crippen molar-refractivity contribution in [3.8, 4) is 5.75 Å². The van der Waals surface area contributed by atoms with E-state index in [0.717, 1.165) is 18.7 Å². The van der Waals surface area contributed by atoms with Gasteiger partial charge in [0, 0.05) is 36.6 Å². The number of nitrogens with one attached hydrogen (secondary N) is 2. The summed E-state index contributed by atoms with van der Waals surface area (Å²) in [6.45, 7) is 4.73. The van der Waals surface area contributed by atoms with Crippen LogP contribution in [0.4, 0.5) is 0 Å². The second kappa shape index (κ2) is 8.79. The number of likely N-dealkylation sites (N-methyl/N-ethyl adjacent to an activating group) is 1. The fourth-order valence-corrected chi connectivity index (χ4v) is 1.92. The first-order valence-electron chi connectivity index (χ1n) is 7.40. The number of rotatable bonds is 8. The highest BCUT2D eigenvalue weighted by molar-refractivity contribution is 5.94. The van der Waals surface area contributed by atoms with E-state index in [0.29, 0.717) is 24.5 Å². The van der Waals surface area contributed by atoms with Gasteiger partial charge in [-0.1, -0.05) is 19.1 Å². The van der Waals surface area contributed by atoms with Crippen molar-refractivity contribution in [1.82, 2.24) is 15.6 Å². The Balaban J connectivity index is 1.87. The van der Waals surface area contributed by atoms with Crippen molar-refractivity contribution < 1.29 is 9.53 Å². The molecule has 1 aromatic heterocycles. The SMILES string of the molecule is CCNCCNC(=O)c1cccc(OCc2cccnc2)c1. The van der Waals surface area contributed by atoms with Crippen molar-refractivity contribution in [3.63, 3.8) is 0 Å². The number of nitrogens with zero attached hydrogens (tertiary/aromatic N) is 1. The van der Waals surface area contributed by atoms with Crippen molar-refractivity contribution in [3.05, 3.63) is 59.9 Å². The number of carbonyl (C=O) groups excluding carboxylic acids is 1. The van der Waals surface area contributed by atoms with Crippen LogP contribution < -0.4 is 15.4 Å². The summed E-state index contributed by atoms with van der Waals surface area (Å²) in [6, 6.07) is 11.0. The highest BCUT2D eigenvalue weighted by atomic mass is 16.5. The molecule has 1 heterocycles. The molecular weight excluding hydrogens is 278 g/mol. The van der Waals surface area contributed by atoms with Crippen LogP contribution in [-0.2, 0) is 6.61 Å². The fourth-order valence-electron chi connectivity index (χ4n) is 1.92. The quantitative estimate of drug-likeness (QED) is 0.732. The van der Waals surface area contributed by atoms with Gasteiger partial charge in [0.15, 0.2) is 0 Å². The largest absolute Gasteiger partial charge is 0.489 e. The lowest BCUT2D eigenvalue weighted by Gasteiger charge is -2.09. The summed E-state index contributed by atoms with van der Waals surface area (Å²) < 4.78 is 5.69. The van der Waals surface area contributed by atoms with E-state index >= 15 is 0 Å². The molecule has 22 heavy (non-hydrogen) atoms. The molecule has 0 spiro atoms. The van der Waals surface area contributed by atoms with Gasteiger partial charge in [0.25, 0.3) is 5.91 Å². The summed E-state index contributed by atoms with van der Waals surface area (Å²) in [5, 5.41) is 6.03. The van der Waals surface area contributed by atoms with Crippen molar-refractivity contribution >= 4 is 5.91 Å². The Hall–Kier alpha value is -2.40. The van der Waals surface area contributed by atoms with Gasteiger partial charge < -0.3 is 15.4 Å². The van der Waals surface area contributed by atoms with Crippen LogP contribution in [0.25, 0.3) is 0 Å². The van der Waals surface area contributed by atoms with Crippen LogP contribution >= 0.6 is 0 Å². The van der Waals surface area contributed by atoms with E-state index in [1.807, 2.05) is 31.2 Å². The molecule has 0 radical (unpaired) electrons. The lowest BCUT2D eigenvalue weighted by molar-refractivity contribution is 0.0953. The first kappa shape index (κ1) is 16.0. The third-order valence-electron chi connectivity index (χ3n) is 3.06. The standard InChI is InChI=1S/C17H21N3O2/c1-2-18-9-10-20-17(21)15-6-3-7-16(11-15)22-13-14-5-4-8-19-12-14/h3-8,11-12,18H,2,9-10,13H2,1H3,(H,20,21). The molecule has 0 aliphatic carbocycles. The van der Waals surface area contributed by atoms with Gasteiger partial charge in [-0.3, -0.25) is 9.78 Å². The Labute approximate surface area is 130 Å². The summed E-state index contributed by atoms with van der Waals surface area (Å²) in [7, 11) is 0. The molecule has 0 unspecified atom stereocenters. The van der Waals surface area contributed by atoms with E-state index in [1.165, 1.54) is 0 Å². The van der Waals surface area contributed by atoms with E-state index in [-0.39, 0.29) is 5.91 Å². The minimum Gasteiger partial charge on any atom is -0.489 e. The zero-order valence-corrected chi connectivity index (χ0v) is 12.7. The predicted octanol–water partition coefficient (Wildman–Crippen LogP) is 2.00. The smallest absolute Gasteiger partial charge is 0.251 e. The molecule has 5 heteroatoms. The number of amides is 1. The second-order valence-corrected chi connectivity index (χ2v) is 4.79. The first-order chi connectivity index (χ1) is 10.8. The summed E-state index contributed by atoms with van der Waals surface area (Å²) in [6.07, 6.45) is 3.49. The molecule has 2 aromatic rings. The summed E-state index contributed by atoms with van der Waals surface area (Å²) in [5.41, 5.74) is 1.59. The Morgan fingerprint density at radius 3 is 2.91 bits per heavy atom. The lowest BCUT2D eigenvalue weighted by atomic mass is 10.2. The molecule has 5 nitrogen and oxygen atoms in total. The van der Waals surface area contributed by atoms with Crippen LogP contribution in [0, 0.1) is 0 Å². The molecule has 0 saturated heterocycles. The molecule has 0 atom stereocenters. The molecule has 2 rings (SSSR count). The third kappa shape index (κ3) is 5.18. The Morgan fingerprint density at radius 2 is 2.14 bits per heavy atom. The molecular formula is C17H21N3O2. The normalized spacial score (nSPS) is 10.2. The number of carbonyl (C=O) groups is 1. The van der Waals surface area contributed by atoms with Crippen molar-refractivity contribution in [2.24, 2.45) is 0 Å². The average Bonchev–Trinajstić information content (AvgIpc) is 2.58. The molecule has 0 saturated carbocycles. The van der Waals surface area contributed by atoms with Gasteiger partial charge in [-0.25, -0.2) is 0 Å². The highest BCUT2D eigenvalue weighted by Crippen LogP contribution is 2.15. The van der Waals surface area contributed by atoms with E-state index in [4.69, 9.17) is 4.74 Å². The number of ether oxygens (including phenoxy) is 1. The van der Waals surface area contributed by atoms with Crippen LogP contribution in [-0.4, -0.2) is 30.5 Å². The Bertz CT molecular complexity index is 587. The van der Waals surface area contributed by atoms with Crippen LogP contribution in [0.15, 0.2) is 48.8 Å². The van der Waals surface area contributed by atoms with Crippen LogP contribution in [0.2, 0.25) is 0 Å². The zero-order valence-electron chi connectivity index (χ0n) is 12.7. The summed E-state index contributed by atoms with van der Waals surface area (Å²) in [4.78, 5) is 16.1. The highest BCUT2D eigenvalue weighted by Gasteiger charge is 2.06. The van der Waals surface area contributed by atoms with E-state index < -0.39 is 0 Å². The number of hydrogen-bond donors (Lipinski definition) is 2. The number of aromatic nitrogens is 1. The molecule has 1 amide bonds. The van der Waals surface area contributed by atoms with Gasteiger partial charge in [0.05, 0.1) is 0 Å². The van der Waals surface area contributed by atoms with Gasteiger partial charge in [0.1, 0.15) is 12.4 Å². The molecule has 1 aromatic carbocycles. The van der Waals surface area contributed by atoms with Crippen molar-refractivity contribution in [1.29, 1.82) is 0 Å². The third-order valence-corrected chi connectivity index (χ3v) is 3.06. The summed E-state index contributed by atoms with van der Waals surface area (Å²) >= 11 is 0. The monoisotopic (exact) mass is 299 g/mol. The minimum absolute atomic E-state index is 0.0928. The molecule has 116 valence electrons. The maximum Gasteiger partial charge on any atom is 0.251 e. The summed E-state index contributed by atoms with van der Waals surface area (Å²) in [5.74, 6) is 0.577. The van der Waals surface area contributed by atoms with Crippen LogP contribution in [0.3, 0.4) is 0 Å². The second-order valence-electron chi connectivity index (χ2n) is 4.79. The molecule has 2 N–H and O–H groups in total. The van der Waals surface area contributed by atoms with Crippen molar-refractivity contribution in [2.45, 2.75) is 13.5 Å². The maximum atomic E-state index is 12.0. The van der Waals surface area contributed by atoms with E-state index in [1.54, 1.807) is 24.5 Å². The Morgan fingerprint density at radius 1 is 1.23 bits per heavy atom. The van der Waals surface area contributed by atoms with Crippen molar-refractivity contribution in [2.75, 3.05) is 19.6 Å². The van der Waals surface area contributed by atoms with Crippen LogP contribution in [0.1, 0.15) is 22.8 Å².